The van der Waals surface area contributed by atoms with E-state index in [0.29, 0.717) is 5.75 Å². The molecule has 1 N–H and O–H groups in total. The highest BCUT2D eigenvalue weighted by Gasteiger charge is 2.15. The summed E-state index contributed by atoms with van der Waals surface area (Å²) >= 11 is 0. The third-order valence-corrected chi connectivity index (χ3v) is 2.13. The molecule has 1 aromatic heterocycles. The highest BCUT2D eigenvalue weighted by atomic mass is 16.6. The lowest BCUT2D eigenvalue weighted by Crippen LogP contribution is -2.34. The fraction of sp³-hybridized carbons (Fsp3) is 0.500. The van der Waals surface area contributed by atoms with Crippen molar-refractivity contribution in [2.45, 2.75) is 33.3 Å². The van der Waals surface area contributed by atoms with Crippen LogP contribution >= 0.6 is 0 Å². The summed E-state index contributed by atoms with van der Waals surface area (Å²) < 4.78 is 10.5. The number of aromatic nitrogens is 1. The number of Topliss-reactive ketones (excluding diaryl/α,β-unsaturated/α-hetero) is 1. The Kier molecular flexibility index (Phi) is 5.49. The second kappa shape index (κ2) is 6.88. The molecule has 1 heterocycles. The van der Waals surface area contributed by atoms with Gasteiger partial charge in [-0.2, -0.15) is 0 Å². The highest BCUT2D eigenvalue weighted by molar-refractivity contribution is 5.94. The van der Waals surface area contributed by atoms with Crippen LogP contribution in [0.1, 0.15) is 38.2 Å². The number of carbonyl (C=O) groups is 2. The van der Waals surface area contributed by atoms with Crippen molar-refractivity contribution < 1.29 is 19.1 Å². The van der Waals surface area contributed by atoms with E-state index in [4.69, 9.17) is 9.47 Å². The maximum Gasteiger partial charge on any atom is 0.407 e. The molecule has 0 aliphatic carbocycles. The molecule has 1 amide bonds. The van der Waals surface area contributed by atoms with Crippen LogP contribution in [-0.2, 0) is 4.74 Å². The molecule has 6 heteroatoms. The van der Waals surface area contributed by atoms with Gasteiger partial charge in [-0.05, 0) is 32.9 Å². The summed E-state index contributed by atoms with van der Waals surface area (Å²) in [5.41, 5.74) is -0.249. The Morgan fingerprint density at radius 2 is 2.05 bits per heavy atom. The molecule has 0 unspecified atom stereocenters. The number of amides is 1. The van der Waals surface area contributed by atoms with Crippen molar-refractivity contribution in [2.24, 2.45) is 0 Å². The Hall–Kier alpha value is -2.11. The summed E-state index contributed by atoms with van der Waals surface area (Å²) in [5, 5.41) is 2.57. The molecular weight excluding hydrogens is 260 g/mol. The van der Waals surface area contributed by atoms with E-state index in [1.807, 2.05) is 0 Å². The zero-order valence-corrected chi connectivity index (χ0v) is 12.2. The van der Waals surface area contributed by atoms with Crippen molar-refractivity contribution in [3.8, 4) is 5.75 Å². The molecule has 0 spiro atoms. The van der Waals surface area contributed by atoms with E-state index in [9.17, 15) is 9.59 Å². The third kappa shape index (κ3) is 5.69. The lowest BCUT2D eigenvalue weighted by molar-refractivity contribution is 0.0519. The van der Waals surface area contributed by atoms with Crippen LogP contribution in [-0.4, -0.2) is 35.6 Å². The molecule has 0 fully saturated rings. The zero-order valence-electron chi connectivity index (χ0n) is 12.2. The molecular formula is C14H20N2O4. The standard InChI is InChI=1S/C14H20N2O4/c1-10(17)12-11(6-5-7-15-12)19-9-8-16-13(18)20-14(2,3)4/h5-7H,8-9H2,1-4H3,(H,16,18). The second-order valence-electron chi connectivity index (χ2n) is 5.18. The van der Waals surface area contributed by atoms with Crippen molar-refractivity contribution >= 4 is 11.9 Å². The number of carbonyl (C=O) groups excluding carboxylic acids is 2. The van der Waals surface area contributed by atoms with Crippen LogP contribution in [0.2, 0.25) is 0 Å². The lowest BCUT2D eigenvalue weighted by Gasteiger charge is -2.19. The van der Waals surface area contributed by atoms with E-state index >= 15 is 0 Å². The molecule has 0 saturated carbocycles. The van der Waals surface area contributed by atoms with Gasteiger partial charge < -0.3 is 14.8 Å². The summed E-state index contributed by atoms with van der Waals surface area (Å²) in [6.45, 7) is 7.30. The van der Waals surface area contributed by atoms with E-state index in [1.54, 1.807) is 32.9 Å². The maximum atomic E-state index is 11.4. The number of rotatable bonds is 5. The van der Waals surface area contributed by atoms with Crippen molar-refractivity contribution in [3.63, 3.8) is 0 Å². The van der Waals surface area contributed by atoms with Gasteiger partial charge in [-0.15, -0.1) is 0 Å². The molecule has 6 nitrogen and oxygen atoms in total. The fourth-order valence-corrected chi connectivity index (χ4v) is 1.40. The first-order chi connectivity index (χ1) is 9.29. The van der Waals surface area contributed by atoms with Crippen LogP contribution in [0, 0.1) is 0 Å². The van der Waals surface area contributed by atoms with Gasteiger partial charge in [0.25, 0.3) is 0 Å². The fourth-order valence-electron chi connectivity index (χ4n) is 1.40. The number of ether oxygens (including phenoxy) is 2. The summed E-state index contributed by atoms with van der Waals surface area (Å²) in [6.07, 6.45) is 1.03. The molecule has 110 valence electrons. The second-order valence-corrected chi connectivity index (χ2v) is 5.18. The highest BCUT2D eigenvalue weighted by Crippen LogP contribution is 2.15. The summed E-state index contributed by atoms with van der Waals surface area (Å²) in [7, 11) is 0. The van der Waals surface area contributed by atoms with E-state index in [0.717, 1.165) is 0 Å². The van der Waals surface area contributed by atoms with Gasteiger partial charge in [0, 0.05) is 13.1 Å². The molecule has 0 aliphatic heterocycles. The maximum absolute atomic E-state index is 11.4. The third-order valence-electron chi connectivity index (χ3n) is 2.13. The Bertz CT molecular complexity index is 480. The van der Waals surface area contributed by atoms with Gasteiger partial charge in [0.15, 0.2) is 5.78 Å². The summed E-state index contributed by atoms with van der Waals surface area (Å²) in [5.74, 6) is 0.242. The molecule has 1 rings (SSSR count). The van der Waals surface area contributed by atoms with Crippen molar-refractivity contribution in [3.05, 3.63) is 24.0 Å². The van der Waals surface area contributed by atoms with Gasteiger partial charge in [-0.25, -0.2) is 9.78 Å². The normalized spacial score (nSPS) is 10.8. The zero-order chi connectivity index (χ0) is 15.2. The van der Waals surface area contributed by atoms with Crippen molar-refractivity contribution in [1.29, 1.82) is 0 Å². The van der Waals surface area contributed by atoms with E-state index in [1.165, 1.54) is 13.1 Å². The SMILES string of the molecule is CC(=O)c1ncccc1OCCNC(=O)OC(C)(C)C. The summed E-state index contributed by atoms with van der Waals surface area (Å²) in [6, 6.07) is 3.35. The predicted molar refractivity (Wildman–Crippen MR) is 74.0 cm³/mol. The Labute approximate surface area is 118 Å². The Morgan fingerprint density at radius 3 is 2.65 bits per heavy atom. The first kappa shape index (κ1) is 15.9. The molecule has 1 aromatic rings. The van der Waals surface area contributed by atoms with Crippen LogP contribution < -0.4 is 10.1 Å². The van der Waals surface area contributed by atoms with Gasteiger partial charge in [-0.3, -0.25) is 4.79 Å². The van der Waals surface area contributed by atoms with Gasteiger partial charge >= 0.3 is 6.09 Å². The number of nitrogens with one attached hydrogen (secondary N) is 1. The minimum absolute atomic E-state index is 0.166. The number of pyridine rings is 1. The predicted octanol–water partition coefficient (Wildman–Crippen LogP) is 2.19. The number of nitrogens with zero attached hydrogens (tertiary/aromatic N) is 1. The van der Waals surface area contributed by atoms with Crippen molar-refractivity contribution in [1.82, 2.24) is 10.3 Å². The summed E-state index contributed by atoms with van der Waals surface area (Å²) in [4.78, 5) is 26.7. The van der Waals surface area contributed by atoms with Crippen molar-refractivity contribution in [2.75, 3.05) is 13.2 Å². The Morgan fingerprint density at radius 1 is 1.35 bits per heavy atom. The number of alkyl carbamates (subject to hydrolysis) is 1. The molecule has 0 aromatic carbocycles. The first-order valence-electron chi connectivity index (χ1n) is 6.35. The molecule has 0 atom stereocenters. The average Bonchev–Trinajstić information content (AvgIpc) is 2.33. The van der Waals surface area contributed by atoms with Gasteiger partial charge in [0.1, 0.15) is 23.7 Å². The topological polar surface area (TPSA) is 77.5 Å². The van der Waals surface area contributed by atoms with Gasteiger partial charge in [-0.1, -0.05) is 0 Å². The average molecular weight is 280 g/mol. The number of hydrogen-bond acceptors (Lipinski definition) is 5. The van der Waals surface area contributed by atoms with Gasteiger partial charge in [0.2, 0.25) is 0 Å². The van der Waals surface area contributed by atoms with Crippen LogP contribution in [0.5, 0.6) is 5.75 Å². The molecule has 0 saturated heterocycles. The van der Waals surface area contributed by atoms with E-state index < -0.39 is 11.7 Å². The molecule has 0 radical (unpaired) electrons. The largest absolute Gasteiger partial charge is 0.489 e. The van der Waals surface area contributed by atoms with E-state index in [-0.39, 0.29) is 24.6 Å². The molecule has 0 bridgehead atoms. The Balaban J connectivity index is 2.39. The molecule has 20 heavy (non-hydrogen) atoms. The minimum atomic E-state index is -0.532. The van der Waals surface area contributed by atoms with Crippen LogP contribution in [0.15, 0.2) is 18.3 Å². The van der Waals surface area contributed by atoms with Gasteiger partial charge in [0.05, 0.1) is 6.54 Å². The van der Waals surface area contributed by atoms with Crippen LogP contribution in [0.4, 0.5) is 4.79 Å². The molecule has 0 aliphatic rings. The van der Waals surface area contributed by atoms with Crippen LogP contribution in [0.3, 0.4) is 0 Å². The lowest BCUT2D eigenvalue weighted by atomic mass is 10.2. The monoisotopic (exact) mass is 280 g/mol. The quantitative estimate of drug-likeness (QED) is 0.660. The minimum Gasteiger partial charge on any atom is -0.489 e. The smallest absolute Gasteiger partial charge is 0.407 e. The number of ketones is 1. The van der Waals surface area contributed by atoms with Crippen LogP contribution in [0.25, 0.3) is 0 Å². The number of hydrogen-bond donors (Lipinski definition) is 1. The first-order valence-corrected chi connectivity index (χ1v) is 6.35. The van der Waals surface area contributed by atoms with E-state index in [2.05, 4.69) is 10.3 Å².